The molecule has 1 aromatic rings. The summed E-state index contributed by atoms with van der Waals surface area (Å²) in [5.74, 6) is -1.73. The molecule has 18 heavy (non-hydrogen) atoms. The normalized spacial score (nSPS) is 21.1. The van der Waals surface area contributed by atoms with Gasteiger partial charge in [-0.1, -0.05) is 0 Å². The Morgan fingerprint density at radius 1 is 1.56 bits per heavy atom. The molecule has 0 radical (unpaired) electrons. The first-order valence-electron chi connectivity index (χ1n) is 5.65. The van der Waals surface area contributed by atoms with Gasteiger partial charge < -0.3 is 4.90 Å². The fraction of sp³-hybridized carbons (Fsp3) is 0.636. The van der Waals surface area contributed by atoms with Crippen LogP contribution in [0.4, 0.5) is 13.2 Å². The highest BCUT2D eigenvalue weighted by atomic mass is 32.1. The van der Waals surface area contributed by atoms with Crippen molar-refractivity contribution in [3.63, 3.8) is 0 Å². The van der Waals surface area contributed by atoms with E-state index in [2.05, 4.69) is 4.98 Å². The molecular weight excluding hydrogens is 265 g/mol. The monoisotopic (exact) mass is 278 g/mol. The van der Waals surface area contributed by atoms with Crippen molar-refractivity contribution >= 4 is 17.2 Å². The lowest BCUT2D eigenvalue weighted by molar-refractivity contribution is -0.184. The van der Waals surface area contributed by atoms with E-state index in [9.17, 15) is 18.0 Å². The number of carbonyl (C=O) groups excluding carboxylic acids is 1. The zero-order chi connectivity index (χ0) is 13.3. The molecule has 100 valence electrons. The van der Waals surface area contributed by atoms with Crippen molar-refractivity contribution in [1.29, 1.82) is 0 Å². The van der Waals surface area contributed by atoms with Gasteiger partial charge in [0.1, 0.15) is 4.88 Å². The van der Waals surface area contributed by atoms with Gasteiger partial charge in [-0.3, -0.25) is 4.79 Å². The Kier molecular flexibility index (Phi) is 3.61. The van der Waals surface area contributed by atoms with E-state index in [1.165, 1.54) is 21.7 Å². The van der Waals surface area contributed by atoms with Crippen LogP contribution >= 0.6 is 11.3 Å². The van der Waals surface area contributed by atoms with E-state index >= 15 is 0 Å². The second-order valence-electron chi connectivity index (χ2n) is 4.40. The predicted octanol–water partition coefficient (Wildman–Crippen LogP) is 2.87. The summed E-state index contributed by atoms with van der Waals surface area (Å²) in [4.78, 5) is 17.8. The van der Waals surface area contributed by atoms with Gasteiger partial charge in [-0.25, -0.2) is 4.98 Å². The molecule has 7 heteroatoms. The van der Waals surface area contributed by atoms with Gasteiger partial charge >= 0.3 is 6.18 Å². The summed E-state index contributed by atoms with van der Waals surface area (Å²) in [5.41, 5.74) is 2.12. The van der Waals surface area contributed by atoms with Crippen molar-refractivity contribution in [2.75, 3.05) is 13.1 Å². The number of halogens is 3. The maximum Gasteiger partial charge on any atom is 0.393 e. The van der Waals surface area contributed by atoms with Crippen LogP contribution in [0.1, 0.15) is 28.2 Å². The van der Waals surface area contributed by atoms with Gasteiger partial charge in [-0.15, -0.1) is 11.3 Å². The molecule has 0 aliphatic carbocycles. The van der Waals surface area contributed by atoms with Gasteiger partial charge in [0.25, 0.3) is 5.91 Å². The molecule has 3 nitrogen and oxygen atoms in total. The van der Waals surface area contributed by atoms with Gasteiger partial charge in [-0.2, -0.15) is 13.2 Å². The minimum atomic E-state index is -4.22. The van der Waals surface area contributed by atoms with Crippen molar-refractivity contribution in [3.05, 3.63) is 16.1 Å². The summed E-state index contributed by atoms with van der Waals surface area (Å²) in [6.45, 7) is 1.84. The van der Waals surface area contributed by atoms with Crippen molar-refractivity contribution in [1.82, 2.24) is 9.88 Å². The first-order valence-corrected chi connectivity index (χ1v) is 6.53. The fourth-order valence-electron chi connectivity index (χ4n) is 2.08. The van der Waals surface area contributed by atoms with Crippen LogP contribution in [0.25, 0.3) is 0 Å². The Balaban J connectivity index is 2.10. The van der Waals surface area contributed by atoms with Crippen molar-refractivity contribution < 1.29 is 18.0 Å². The van der Waals surface area contributed by atoms with Crippen molar-refractivity contribution in [2.45, 2.75) is 25.9 Å². The molecule has 2 rings (SSSR count). The topological polar surface area (TPSA) is 33.2 Å². The fourth-order valence-corrected chi connectivity index (χ4v) is 2.85. The maximum absolute atomic E-state index is 12.7. The molecule has 2 heterocycles. The molecule has 0 aromatic carbocycles. The number of nitrogens with zero attached hydrogens (tertiary/aromatic N) is 2. The van der Waals surface area contributed by atoms with Gasteiger partial charge in [0, 0.05) is 13.1 Å². The summed E-state index contributed by atoms with van der Waals surface area (Å²) < 4.78 is 38.0. The molecule has 1 aliphatic rings. The van der Waals surface area contributed by atoms with Crippen LogP contribution in [0.5, 0.6) is 0 Å². The Morgan fingerprint density at radius 2 is 2.28 bits per heavy atom. The number of likely N-dealkylation sites (tertiary alicyclic amines) is 1. The summed E-state index contributed by atoms with van der Waals surface area (Å²) in [6.07, 6.45) is -3.72. The van der Waals surface area contributed by atoms with E-state index in [-0.39, 0.29) is 18.9 Å². The highest BCUT2D eigenvalue weighted by molar-refractivity contribution is 7.11. The molecule has 1 fully saturated rings. The molecule has 0 bridgehead atoms. The van der Waals surface area contributed by atoms with Gasteiger partial charge in [0.05, 0.1) is 17.1 Å². The Morgan fingerprint density at radius 3 is 2.83 bits per heavy atom. The smallest absolute Gasteiger partial charge is 0.337 e. The number of piperidine rings is 1. The number of amides is 1. The average Bonchev–Trinajstić information content (AvgIpc) is 2.73. The zero-order valence-electron chi connectivity index (χ0n) is 9.83. The summed E-state index contributed by atoms with van der Waals surface area (Å²) >= 11 is 1.18. The lowest BCUT2D eigenvalue weighted by atomic mass is 9.97. The lowest BCUT2D eigenvalue weighted by Gasteiger charge is -2.33. The summed E-state index contributed by atoms with van der Waals surface area (Å²) in [6, 6.07) is 0. The molecule has 0 saturated carbocycles. The van der Waals surface area contributed by atoms with Crippen LogP contribution in [-0.2, 0) is 0 Å². The highest BCUT2D eigenvalue weighted by Gasteiger charge is 2.43. The number of aryl methyl sites for hydroxylation is 1. The molecule has 1 saturated heterocycles. The highest BCUT2D eigenvalue weighted by Crippen LogP contribution is 2.33. The molecule has 1 amide bonds. The standard InChI is InChI=1S/C11H13F3N2OS/c1-7-9(18-6-15-7)10(17)16-4-2-3-8(5-16)11(12,13)14/h6,8H,2-5H2,1H3/t8-/m0/s1. The van der Waals surface area contributed by atoms with E-state index in [4.69, 9.17) is 0 Å². The van der Waals surface area contributed by atoms with Crippen LogP contribution in [-0.4, -0.2) is 35.1 Å². The van der Waals surface area contributed by atoms with Crippen LogP contribution in [0.15, 0.2) is 5.51 Å². The number of hydrogen-bond acceptors (Lipinski definition) is 3. The van der Waals surface area contributed by atoms with E-state index in [0.29, 0.717) is 23.5 Å². The van der Waals surface area contributed by atoms with Crippen LogP contribution in [0.3, 0.4) is 0 Å². The van der Waals surface area contributed by atoms with E-state index in [1.807, 2.05) is 0 Å². The summed E-state index contributed by atoms with van der Waals surface area (Å²) in [5, 5.41) is 0. The maximum atomic E-state index is 12.7. The molecule has 1 aliphatic heterocycles. The van der Waals surface area contributed by atoms with E-state index in [1.54, 1.807) is 6.92 Å². The second-order valence-corrected chi connectivity index (χ2v) is 5.25. The number of alkyl halides is 3. The minimum absolute atomic E-state index is 0.106. The van der Waals surface area contributed by atoms with Gasteiger partial charge in [0.2, 0.25) is 0 Å². The third-order valence-electron chi connectivity index (χ3n) is 3.11. The second kappa shape index (κ2) is 4.87. The SMILES string of the molecule is Cc1ncsc1C(=O)N1CCC[C@H](C(F)(F)F)C1. The van der Waals surface area contributed by atoms with Crippen molar-refractivity contribution in [2.24, 2.45) is 5.92 Å². The first kappa shape index (κ1) is 13.3. The zero-order valence-corrected chi connectivity index (χ0v) is 10.6. The van der Waals surface area contributed by atoms with Crippen LogP contribution < -0.4 is 0 Å². The van der Waals surface area contributed by atoms with Gasteiger partial charge in [0.15, 0.2) is 0 Å². The molecular formula is C11H13F3N2OS. The third-order valence-corrected chi connectivity index (χ3v) is 4.03. The quantitative estimate of drug-likeness (QED) is 0.791. The largest absolute Gasteiger partial charge is 0.393 e. The average molecular weight is 278 g/mol. The lowest BCUT2D eigenvalue weighted by Crippen LogP contribution is -2.44. The number of thiazole rings is 1. The number of rotatable bonds is 1. The van der Waals surface area contributed by atoms with Crippen molar-refractivity contribution in [3.8, 4) is 0 Å². The molecule has 0 spiro atoms. The molecule has 1 atom stereocenters. The minimum Gasteiger partial charge on any atom is -0.337 e. The predicted molar refractivity (Wildman–Crippen MR) is 61.5 cm³/mol. The molecule has 1 aromatic heterocycles. The summed E-state index contributed by atoms with van der Waals surface area (Å²) in [7, 11) is 0. The number of hydrogen-bond donors (Lipinski definition) is 0. The number of aromatic nitrogens is 1. The number of carbonyl (C=O) groups is 1. The van der Waals surface area contributed by atoms with E-state index in [0.717, 1.165) is 0 Å². The van der Waals surface area contributed by atoms with E-state index < -0.39 is 12.1 Å². The first-order chi connectivity index (χ1) is 8.39. The molecule has 0 N–H and O–H groups in total. The van der Waals surface area contributed by atoms with Crippen LogP contribution in [0.2, 0.25) is 0 Å². The molecule has 0 unspecified atom stereocenters. The third kappa shape index (κ3) is 2.66. The Bertz CT molecular complexity index is 444. The van der Waals surface area contributed by atoms with Crippen LogP contribution in [0, 0.1) is 12.8 Å². The van der Waals surface area contributed by atoms with Gasteiger partial charge in [-0.05, 0) is 19.8 Å². The Labute approximate surface area is 107 Å². The Hall–Kier alpha value is -1.11.